The standard InChI is InChI=1S/C15H19F3N2O/c1-19-6-3-7-20(9-8-19)14(21)11-12-4-2-5-13(10-12)15(16,17)18/h2,4-5,10H,3,6-9,11H2,1H3. The summed E-state index contributed by atoms with van der Waals surface area (Å²) in [6, 6.07) is 5.00. The highest BCUT2D eigenvalue weighted by Crippen LogP contribution is 2.29. The van der Waals surface area contributed by atoms with E-state index in [1.54, 1.807) is 11.0 Å². The molecule has 0 spiro atoms. The van der Waals surface area contributed by atoms with E-state index in [4.69, 9.17) is 0 Å². The van der Waals surface area contributed by atoms with Gasteiger partial charge in [-0.1, -0.05) is 18.2 Å². The lowest BCUT2D eigenvalue weighted by Gasteiger charge is -2.20. The number of halogens is 3. The fourth-order valence-electron chi connectivity index (χ4n) is 2.44. The van der Waals surface area contributed by atoms with Crippen molar-refractivity contribution in [1.29, 1.82) is 0 Å². The third-order valence-electron chi connectivity index (χ3n) is 3.68. The quantitative estimate of drug-likeness (QED) is 0.837. The number of hydrogen-bond donors (Lipinski definition) is 0. The van der Waals surface area contributed by atoms with Crippen LogP contribution in [0.5, 0.6) is 0 Å². The Bertz CT molecular complexity index is 502. The van der Waals surface area contributed by atoms with Gasteiger partial charge in [-0.2, -0.15) is 13.2 Å². The maximum Gasteiger partial charge on any atom is 0.416 e. The molecule has 1 saturated heterocycles. The summed E-state index contributed by atoms with van der Waals surface area (Å²) < 4.78 is 38.0. The topological polar surface area (TPSA) is 23.6 Å². The molecule has 0 N–H and O–H groups in total. The minimum Gasteiger partial charge on any atom is -0.341 e. The first-order chi connectivity index (χ1) is 9.86. The van der Waals surface area contributed by atoms with Gasteiger partial charge in [-0.05, 0) is 31.6 Å². The molecular formula is C15H19F3N2O. The van der Waals surface area contributed by atoms with Crippen molar-refractivity contribution in [2.75, 3.05) is 33.2 Å². The summed E-state index contributed by atoms with van der Waals surface area (Å²) in [5, 5.41) is 0. The van der Waals surface area contributed by atoms with Gasteiger partial charge in [0.15, 0.2) is 0 Å². The van der Waals surface area contributed by atoms with Crippen molar-refractivity contribution in [3.63, 3.8) is 0 Å². The number of hydrogen-bond acceptors (Lipinski definition) is 2. The Hall–Kier alpha value is -1.56. The van der Waals surface area contributed by atoms with Crippen molar-refractivity contribution in [3.8, 4) is 0 Å². The molecule has 1 aromatic carbocycles. The fraction of sp³-hybridized carbons (Fsp3) is 0.533. The fourth-order valence-corrected chi connectivity index (χ4v) is 2.44. The minimum atomic E-state index is -4.37. The lowest BCUT2D eigenvalue weighted by molar-refractivity contribution is -0.138. The number of carbonyl (C=O) groups excluding carboxylic acids is 1. The van der Waals surface area contributed by atoms with Gasteiger partial charge in [0.25, 0.3) is 0 Å². The Labute approximate surface area is 122 Å². The van der Waals surface area contributed by atoms with Crippen LogP contribution in [0.4, 0.5) is 13.2 Å². The number of nitrogens with zero attached hydrogens (tertiary/aromatic N) is 2. The van der Waals surface area contributed by atoms with Crippen molar-refractivity contribution in [3.05, 3.63) is 35.4 Å². The zero-order valence-corrected chi connectivity index (χ0v) is 12.0. The van der Waals surface area contributed by atoms with Gasteiger partial charge < -0.3 is 9.80 Å². The van der Waals surface area contributed by atoms with Crippen LogP contribution in [0.2, 0.25) is 0 Å². The summed E-state index contributed by atoms with van der Waals surface area (Å²) in [5.41, 5.74) is -0.296. The lowest BCUT2D eigenvalue weighted by Crippen LogP contribution is -2.35. The third-order valence-corrected chi connectivity index (χ3v) is 3.68. The highest BCUT2D eigenvalue weighted by atomic mass is 19.4. The number of benzene rings is 1. The second kappa shape index (κ2) is 6.47. The molecular weight excluding hydrogens is 281 g/mol. The van der Waals surface area contributed by atoms with Gasteiger partial charge in [-0.25, -0.2) is 0 Å². The van der Waals surface area contributed by atoms with Gasteiger partial charge in [0, 0.05) is 19.6 Å². The van der Waals surface area contributed by atoms with Crippen molar-refractivity contribution >= 4 is 5.91 Å². The van der Waals surface area contributed by atoms with E-state index in [9.17, 15) is 18.0 Å². The van der Waals surface area contributed by atoms with Crippen molar-refractivity contribution in [1.82, 2.24) is 9.80 Å². The molecule has 0 bridgehead atoms. The highest BCUT2D eigenvalue weighted by Gasteiger charge is 2.30. The Morgan fingerprint density at radius 2 is 1.95 bits per heavy atom. The predicted molar refractivity (Wildman–Crippen MR) is 73.8 cm³/mol. The number of alkyl halides is 3. The van der Waals surface area contributed by atoms with Crippen LogP contribution in [0, 0.1) is 0 Å². The first-order valence-corrected chi connectivity index (χ1v) is 6.99. The maximum atomic E-state index is 12.7. The van der Waals surface area contributed by atoms with Crippen LogP contribution >= 0.6 is 0 Å². The first kappa shape index (κ1) is 15.8. The van der Waals surface area contributed by atoms with Crippen LogP contribution in [0.3, 0.4) is 0 Å². The highest BCUT2D eigenvalue weighted by molar-refractivity contribution is 5.78. The van der Waals surface area contributed by atoms with Crippen molar-refractivity contribution in [2.45, 2.75) is 19.0 Å². The second-order valence-electron chi connectivity index (χ2n) is 5.41. The van der Waals surface area contributed by atoms with Gasteiger partial charge in [0.1, 0.15) is 0 Å². The van der Waals surface area contributed by atoms with E-state index in [0.29, 0.717) is 18.7 Å². The summed E-state index contributed by atoms with van der Waals surface area (Å²) in [7, 11) is 2.00. The Morgan fingerprint density at radius 3 is 2.67 bits per heavy atom. The SMILES string of the molecule is CN1CCCN(C(=O)Cc2cccc(C(F)(F)F)c2)CC1. The van der Waals surface area contributed by atoms with Gasteiger partial charge in [0.2, 0.25) is 5.91 Å². The molecule has 6 heteroatoms. The van der Waals surface area contributed by atoms with E-state index in [0.717, 1.165) is 31.6 Å². The number of amides is 1. The molecule has 0 atom stereocenters. The summed E-state index contributed by atoms with van der Waals surface area (Å²) in [5.74, 6) is -0.107. The molecule has 1 fully saturated rings. The molecule has 2 rings (SSSR count). The molecule has 0 radical (unpaired) electrons. The van der Waals surface area contributed by atoms with Gasteiger partial charge in [-0.3, -0.25) is 4.79 Å². The monoisotopic (exact) mass is 300 g/mol. The van der Waals surface area contributed by atoms with Crippen LogP contribution in [-0.4, -0.2) is 48.9 Å². The molecule has 1 amide bonds. The van der Waals surface area contributed by atoms with Gasteiger partial charge >= 0.3 is 6.18 Å². The van der Waals surface area contributed by atoms with Crippen LogP contribution in [0.15, 0.2) is 24.3 Å². The smallest absolute Gasteiger partial charge is 0.341 e. The maximum absolute atomic E-state index is 12.7. The number of likely N-dealkylation sites (N-methyl/N-ethyl adjacent to an activating group) is 1. The normalized spacial score (nSPS) is 17.6. The van der Waals surface area contributed by atoms with E-state index in [-0.39, 0.29) is 12.3 Å². The Balaban J connectivity index is 2.02. The molecule has 0 aromatic heterocycles. The molecule has 1 aliphatic heterocycles. The summed E-state index contributed by atoms with van der Waals surface area (Å²) >= 11 is 0. The average Bonchev–Trinajstić information content (AvgIpc) is 2.63. The van der Waals surface area contributed by atoms with Crippen LogP contribution in [0.1, 0.15) is 17.5 Å². The summed E-state index contributed by atoms with van der Waals surface area (Å²) in [6.07, 6.45) is -3.46. The lowest BCUT2D eigenvalue weighted by atomic mass is 10.1. The molecule has 1 aliphatic rings. The minimum absolute atomic E-state index is 0.0215. The van der Waals surface area contributed by atoms with Crippen LogP contribution in [-0.2, 0) is 17.4 Å². The summed E-state index contributed by atoms with van der Waals surface area (Å²) in [6.45, 7) is 3.04. The van der Waals surface area contributed by atoms with Crippen molar-refractivity contribution < 1.29 is 18.0 Å². The largest absolute Gasteiger partial charge is 0.416 e. The Kier molecular flexibility index (Phi) is 4.88. The van der Waals surface area contributed by atoms with E-state index < -0.39 is 11.7 Å². The van der Waals surface area contributed by atoms with Crippen LogP contribution < -0.4 is 0 Å². The third kappa shape index (κ3) is 4.46. The van der Waals surface area contributed by atoms with E-state index in [1.165, 1.54) is 6.07 Å². The van der Waals surface area contributed by atoms with E-state index in [1.807, 2.05) is 7.05 Å². The molecule has 1 heterocycles. The molecule has 0 unspecified atom stereocenters. The predicted octanol–water partition coefficient (Wildman–Crippen LogP) is 2.41. The molecule has 1 aromatic rings. The Morgan fingerprint density at radius 1 is 1.19 bits per heavy atom. The molecule has 116 valence electrons. The molecule has 0 aliphatic carbocycles. The zero-order chi connectivity index (χ0) is 15.5. The zero-order valence-electron chi connectivity index (χ0n) is 12.0. The average molecular weight is 300 g/mol. The van der Waals surface area contributed by atoms with Gasteiger partial charge in [-0.15, -0.1) is 0 Å². The molecule has 3 nitrogen and oxygen atoms in total. The van der Waals surface area contributed by atoms with E-state index in [2.05, 4.69) is 4.90 Å². The van der Waals surface area contributed by atoms with E-state index >= 15 is 0 Å². The second-order valence-corrected chi connectivity index (χ2v) is 5.41. The van der Waals surface area contributed by atoms with Gasteiger partial charge in [0.05, 0.1) is 12.0 Å². The summed E-state index contributed by atoms with van der Waals surface area (Å²) in [4.78, 5) is 16.1. The molecule has 0 saturated carbocycles. The first-order valence-electron chi connectivity index (χ1n) is 6.99. The van der Waals surface area contributed by atoms with Crippen LogP contribution in [0.25, 0.3) is 0 Å². The number of rotatable bonds is 2. The molecule has 21 heavy (non-hydrogen) atoms. The number of carbonyl (C=O) groups is 1. The van der Waals surface area contributed by atoms with Crippen molar-refractivity contribution in [2.24, 2.45) is 0 Å².